The average Bonchev–Trinajstić information content (AvgIpc) is 2.55. The predicted octanol–water partition coefficient (Wildman–Crippen LogP) is 4.20. The predicted molar refractivity (Wildman–Crippen MR) is 97.4 cm³/mol. The second-order valence-corrected chi connectivity index (χ2v) is 6.19. The lowest BCUT2D eigenvalue weighted by atomic mass is 10.0. The number of nitrogens with zero attached hydrogens (tertiary/aromatic N) is 2. The quantitative estimate of drug-likeness (QED) is 0.794. The molecule has 1 saturated heterocycles. The Labute approximate surface area is 138 Å². The molecule has 120 valence electrons. The van der Waals surface area contributed by atoms with E-state index in [2.05, 4.69) is 67.1 Å². The first-order valence-corrected chi connectivity index (χ1v) is 8.18. The number of anilines is 1. The number of ether oxygens (including phenoxy) is 1. The van der Waals surface area contributed by atoms with Gasteiger partial charge < -0.3 is 9.64 Å². The fraction of sp³-hybridized carbons (Fsp3) is 0.350. The highest BCUT2D eigenvalue weighted by Crippen LogP contribution is 2.21. The van der Waals surface area contributed by atoms with E-state index in [4.69, 9.17) is 4.74 Å². The summed E-state index contributed by atoms with van der Waals surface area (Å²) in [5.74, 6) is 0. The van der Waals surface area contributed by atoms with Gasteiger partial charge in [0.1, 0.15) is 0 Å². The summed E-state index contributed by atoms with van der Waals surface area (Å²) in [5, 5.41) is 0. The minimum Gasteiger partial charge on any atom is -0.378 e. The number of hydrogen-bond donors (Lipinski definition) is 0. The standard InChI is InChI=1S/C20H24N2O/c1-15-12-16(2)20(17(3)13-15)14-21-18-4-6-19(7-5-18)22-8-10-23-11-9-22/h4-7,12-14H,8-11H2,1-3H3. The molecular weight excluding hydrogens is 284 g/mol. The molecule has 0 saturated carbocycles. The molecule has 0 bridgehead atoms. The molecule has 1 heterocycles. The summed E-state index contributed by atoms with van der Waals surface area (Å²) in [6.45, 7) is 9.96. The van der Waals surface area contributed by atoms with Gasteiger partial charge >= 0.3 is 0 Å². The van der Waals surface area contributed by atoms with Crippen molar-refractivity contribution in [3.05, 3.63) is 58.7 Å². The van der Waals surface area contributed by atoms with Crippen LogP contribution in [0.1, 0.15) is 22.3 Å². The van der Waals surface area contributed by atoms with E-state index in [1.165, 1.54) is 27.9 Å². The van der Waals surface area contributed by atoms with Gasteiger partial charge in [-0.05, 0) is 61.7 Å². The molecule has 3 rings (SSSR count). The minimum absolute atomic E-state index is 0.811. The first-order valence-electron chi connectivity index (χ1n) is 8.18. The fourth-order valence-corrected chi connectivity index (χ4v) is 3.10. The highest BCUT2D eigenvalue weighted by atomic mass is 16.5. The molecule has 0 unspecified atom stereocenters. The van der Waals surface area contributed by atoms with Gasteiger partial charge in [0, 0.05) is 25.0 Å². The zero-order valence-electron chi connectivity index (χ0n) is 14.2. The van der Waals surface area contributed by atoms with Gasteiger partial charge in [0.15, 0.2) is 0 Å². The van der Waals surface area contributed by atoms with Crippen LogP contribution in [0.4, 0.5) is 11.4 Å². The molecule has 0 aromatic heterocycles. The van der Waals surface area contributed by atoms with E-state index in [0.717, 1.165) is 32.0 Å². The Morgan fingerprint density at radius 1 is 0.957 bits per heavy atom. The Bertz CT molecular complexity index is 675. The molecular formula is C20H24N2O. The SMILES string of the molecule is Cc1cc(C)c(C=Nc2ccc(N3CCOCC3)cc2)c(C)c1. The summed E-state index contributed by atoms with van der Waals surface area (Å²) in [6.07, 6.45) is 1.98. The van der Waals surface area contributed by atoms with E-state index in [0.29, 0.717) is 0 Å². The third-order valence-corrected chi connectivity index (χ3v) is 4.31. The van der Waals surface area contributed by atoms with E-state index in [1.54, 1.807) is 0 Å². The van der Waals surface area contributed by atoms with Crippen molar-refractivity contribution in [1.29, 1.82) is 0 Å². The van der Waals surface area contributed by atoms with Crippen molar-refractivity contribution in [2.24, 2.45) is 4.99 Å². The van der Waals surface area contributed by atoms with Gasteiger partial charge in [0.2, 0.25) is 0 Å². The molecule has 1 fully saturated rings. The summed E-state index contributed by atoms with van der Waals surface area (Å²) in [4.78, 5) is 7.00. The summed E-state index contributed by atoms with van der Waals surface area (Å²) < 4.78 is 5.40. The lowest BCUT2D eigenvalue weighted by Crippen LogP contribution is -2.36. The number of morpholine rings is 1. The molecule has 0 atom stereocenters. The second kappa shape index (κ2) is 6.97. The summed E-state index contributed by atoms with van der Waals surface area (Å²) in [5.41, 5.74) is 7.29. The zero-order valence-corrected chi connectivity index (χ0v) is 14.2. The molecule has 0 radical (unpaired) electrons. The van der Waals surface area contributed by atoms with Gasteiger partial charge in [-0.3, -0.25) is 4.99 Å². The third kappa shape index (κ3) is 3.80. The van der Waals surface area contributed by atoms with Crippen LogP contribution in [0.5, 0.6) is 0 Å². The third-order valence-electron chi connectivity index (χ3n) is 4.31. The molecule has 0 N–H and O–H groups in total. The van der Waals surface area contributed by atoms with Gasteiger partial charge in [0.25, 0.3) is 0 Å². The first-order chi connectivity index (χ1) is 11.1. The topological polar surface area (TPSA) is 24.8 Å². The molecule has 1 aliphatic rings. The van der Waals surface area contributed by atoms with Gasteiger partial charge in [0.05, 0.1) is 18.9 Å². The van der Waals surface area contributed by atoms with Crippen LogP contribution in [0.2, 0.25) is 0 Å². The van der Waals surface area contributed by atoms with Crippen LogP contribution in [0.3, 0.4) is 0 Å². The monoisotopic (exact) mass is 308 g/mol. The van der Waals surface area contributed by atoms with Crippen molar-refractivity contribution < 1.29 is 4.74 Å². The normalized spacial score (nSPS) is 15.3. The summed E-state index contributed by atoms with van der Waals surface area (Å²) in [6, 6.07) is 12.9. The maximum Gasteiger partial charge on any atom is 0.0642 e. The van der Waals surface area contributed by atoms with E-state index < -0.39 is 0 Å². The van der Waals surface area contributed by atoms with Gasteiger partial charge in [-0.25, -0.2) is 0 Å². The van der Waals surface area contributed by atoms with Gasteiger partial charge in [-0.15, -0.1) is 0 Å². The van der Waals surface area contributed by atoms with E-state index in [1.807, 2.05) is 6.21 Å². The number of rotatable bonds is 3. The Hall–Kier alpha value is -2.13. The van der Waals surface area contributed by atoms with Crippen LogP contribution < -0.4 is 4.90 Å². The van der Waals surface area contributed by atoms with Crippen LogP contribution >= 0.6 is 0 Å². The van der Waals surface area contributed by atoms with Crippen molar-refractivity contribution in [1.82, 2.24) is 0 Å². The van der Waals surface area contributed by atoms with Crippen molar-refractivity contribution >= 4 is 17.6 Å². The molecule has 3 nitrogen and oxygen atoms in total. The molecule has 2 aromatic rings. The molecule has 23 heavy (non-hydrogen) atoms. The number of benzene rings is 2. The van der Waals surface area contributed by atoms with Crippen molar-refractivity contribution in [3.63, 3.8) is 0 Å². The molecule has 2 aromatic carbocycles. The van der Waals surface area contributed by atoms with Crippen LogP contribution in [0.15, 0.2) is 41.4 Å². The smallest absolute Gasteiger partial charge is 0.0642 e. The Morgan fingerprint density at radius 3 is 2.17 bits per heavy atom. The molecule has 3 heteroatoms. The van der Waals surface area contributed by atoms with Gasteiger partial charge in [-0.1, -0.05) is 17.7 Å². The van der Waals surface area contributed by atoms with Crippen LogP contribution in [-0.2, 0) is 4.74 Å². The largest absolute Gasteiger partial charge is 0.378 e. The van der Waals surface area contributed by atoms with Crippen LogP contribution in [0.25, 0.3) is 0 Å². The van der Waals surface area contributed by atoms with Crippen molar-refractivity contribution in [3.8, 4) is 0 Å². The average molecular weight is 308 g/mol. The Kier molecular flexibility index (Phi) is 4.77. The molecule has 0 spiro atoms. The Balaban J connectivity index is 1.75. The molecule has 0 amide bonds. The summed E-state index contributed by atoms with van der Waals surface area (Å²) >= 11 is 0. The van der Waals surface area contributed by atoms with Crippen molar-refractivity contribution in [2.75, 3.05) is 31.2 Å². The highest BCUT2D eigenvalue weighted by molar-refractivity contribution is 5.85. The van der Waals surface area contributed by atoms with E-state index in [-0.39, 0.29) is 0 Å². The maximum absolute atomic E-state index is 5.40. The number of hydrogen-bond acceptors (Lipinski definition) is 3. The van der Waals surface area contributed by atoms with Gasteiger partial charge in [-0.2, -0.15) is 0 Å². The van der Waals surface area contributed by atoms with E-state index >= 15 is 0 Å². The maximum atomic E-state index is 5.40. The Morgan fingerprint density at radius 2 is 1.57 bits per heavy atom. The molecule has 0 aliphatic carbocycles. The summed E-state index contributed by atoms with van der Waals surface area (Å²) in [7, 11) is 0. The number of aliphatic imine (C=N–C) groups is 1. The minimum atomic E-state index is 0.811. The van der Waals surface area contributed by atoms with E-state index in [9.17, 15) is 0 Å². The number of aryl methyl sites for hydroxylation is 3. The second-order valence-electron chi connectivity index (χ2n) is 6.19. The van der Waals surface area contributed by atoms with Crippen LogP contribution in [0, 0.1) is 20.8 Å². The van der Waals surface area contributed by atoms with Crippen molar-refractivity contribution in [2.45, 2.75) is 20.8 Å². The molecule has 1 aliphatic heterocycles. The highest BCUT2D eigenvalue weighted by Gasteiger charge is 2.10. The lowest BCUT2D eigenvalue weighted by Gasteiger charge is -2.28. The lowest BCUT2D eigenvalue weighted by molar-refractivity contribution is 0.122. The zero-order chi connectivity index (χ0) is 16.2. The fourth-order valence-electron chi connectivity index (χ4n) is 3.10. The first kappa shape index (κ1) is 15.8. The van der Waals surface area contributed by atoms with Crippen LogP contribution in [-0.4, -0.2) is 32.5 Å².